The fourth-order valence-corrected chi connectivity index (χ4v) is 3.13. The number of anilines is 1. The fourth-order valence-electron chi connectivity index (χ4n) is 3.13. The number of hydrazine groups is 1. The summed E-state index contributed by atoms with van der Waals surface area (Å²) in [6, 6.07) is 9.92. The Bertz CT molecular complexity index is 1010. The Kier molecular flexibility index (Phi) is 4.33. The largest absolute Gasteiger partial charge is 0.494 e. The maximum absolute atomic E-state index is 6.33. The van der Waals surface area contributed by atoms with Crippen LogP contribution in [0.15, 0.2) is 42.7 Å². The Hall–Kier alpha value is -3.26. The summed E-state index contributed by atoms with van der Waals surface area (Å²) in [6.07, 6.45) is 6.07. The van der Waals surface area contributed by atoms with Crippen molar-refractivity contribution in [3.05, 3.63) is 54.0 Å². The Morgan fingerprint density at radius 1 is 1.37 bits per heavy atom. The summed E-state index contributed by atoms with van der Waals surface area (Å²) in [5.41, 5.74) is 15.1. The summed E-state index contributed by atoms with van der Waals surface area (Å²) in [5.74, 6) is 7.15. The Labute approximate surface area is 157 Å². The third-order valence-corrected chi connectivity index (χ3v) is 4.59. The zero-order valence-electron chi connectivity index (χ0n) is 15.2. The van der Waals surface area contributed by atoms with Crippen LogP contribution in [0.2, 0.25) is 0 Å². The summed E-state index contributed by atoms with van der Waals surface area (Å²) in [4.78, 5) is 4.37. The Morgan fingerprint density at radius 2 is 2.19 bits per heavy atom. The third-order valence-electron chi connectivity index (χ3n) is 4.59. The number of benzene rings is 1. The van der Waals surface area contributed by atoms with E-state index in [2.05, 4.69) is 10.1 Å². The second-order valence-electron chi connectivity index (χ2n) is 6.73. The first-order valence-corrected chi connectivity index (χ1v) is 8.81. The molecule has 1 aliphatic rings. The van der Waals surface area contributed by atoms with Crippen LogP contribution in [0.3, 0.4) is 0 Å². The number of hydrogen-bond acceptors (Lipinski definition) is 7. The van der Waals surface area contributed by atoms with Crippen LogP contribution in [0.25, 0.3) is 16.6 Å². The third kappa shape index (κ3) is 3.52. The minimum atomic E-state index is 0.366. The lowest BCUT2D eigenvalue weighted by atomic mass is 10.1. The normalized spacial score (nSPS) is 14.5. The van der Waals surface area contributed by atoms with E-state index in [-0.39, 0.29) is 0 Å². The van der Waals surface area contributed by atoms with Gasteiger partial charge in [-0.25, -0.2) is 10.8 Å². The van der Waals surface area contributed by atoms with Gasteiger partial charge >= 0.3 is 0 Å². The predicted molar refractivity (Wildman–Crippen MR) is 105 cm³/mol. The van der Waals surface area contributed by atoms with Crippen molar-refractivity contribution in [3.63, 3.8) is 0 Å². The zero-order valence-corrected chi connectivity index (χ0v) is 15.2. The van der Waals surface area contributed by atoms with Crippen LogP contribution in [0.1, 0.15) is 30.1 Å². The van der Waals surface area contributed by atoms with Gasteiger partial charge in [0.15, 0.2) is 0 Å². The topological polar surface area (TPSA) is 121 Å². The maximum Gasteiger partial charge on any atom is 0.145 e. The van der Waals surface area contributed by atoms with Crippen LogP contribution in [0, 0.1) is 0 Å². The molecule has 8 nitrogen and oxygen atoms in total. The summed E-state index contributed by atoms with van der Waals surface area (Å²) in [6.45, 7) is 0.461. The molecule has 4 rings (SSSR count). The van der Waals surface area contributed by atoms with E-state index in [1.165, 1.54) is 17.9 Å². The number of pyridine rings is 1. The molecule has 1 fully saturated rings. The fraction of sp³-hybridized carbons (Fsp3) is 0.263. The SMILES string of the molecule is COc1cccc2c(/C(N)=C/N(N)Cc3ccn(C4CC4)n3)cc(N)nc12. The van der Waals surface area contributed by atoms with Crippen molar-refractivity contribution in [2.75, 3.05) is 12.8 Å². The van der Waals surface area contributed by atoms with Crippen LogP contribution < -0.4 is 22.0 Å². The van der Waals surface area contributed by atoms with Gasteiger partial charge in [0.05, 0.1) is 31.1 Å². The number of rotatable bonds is 6. The highest BCUT2D eigenvalue weighted by Crippen LogP contribution is 2.34. The molecule has 1 aliphatic carbocycles. The number of nitrogens with zero attached hydrogens (tertiary/aromatic N) is 4. The van der Waals surface area contributed by atoms with Crippen molar-refractivity contribution < 1.29 is 4.74 Å². The van der Waals surface area contributed by atoms with Gasteiger partial charge in [-0.15, -0.1) is 0 Å². The first-order valence-electron chi connectivity index (χ1n) is 8.81. The van der Waals surface area contributed by atoms with Crippen LogP contribution in [-0.2, 0) is 6.54 Å². The molecule has 0 bridgehead atoms. The van der Waals surface area contributed by atoms with Crippen LogP contribution in [0.5, 0.6) is 5.75 Å². The number of ether oxygens (including phenoxy) is 1. The van der Waals surface area contributed by atoms with Gasteiger partial charge in [0.25, 0.3) is 0 Å². The molecule has 8 heteroatoms. The van der Waals surface area contributed by atoms with Crippen molar-refractivity contribution in [1.29, 1.82) is 0 Å². The van der Waals surface area contributed by atoms with Crippen molar-refractivity contribution in [2.45, 2.75) is 25.4 Å². The average Bonchev–Trinajstić information content (AvgIpc) is 3.40. The summed E-state index contributed by atoms with van der Waals surface area (Å²) >= 11 is 0. The average molecular weight is 365 g/mol. The molecular formula is C19H23N7O. The van der Waals surface area contributed by atoms with E-state index in [1.54, 1.807) is 19.4 Å². The lowest BCUT2D eigenvalue weighted by Crippen LogP contribution is -2.26. The number of hydrogen-bond donors (Lipinski definition) is 3. The quantitative estimate of drug-likeness (QED) is 0.451. The smallest absolute Gasteiger partial charge is 0.145 e. The number of para-hydroxylation sites is 1. The highest BCUT2D eigenvalue weighted by atomic mass is 16.5. The van der Waals surface area contributed by atoms with E-state index in [0.29, 0.717) is 35.4 Å². The second kappa shape index (κ2) is 6.81. The highest BCUT2D eigenvalue weighted by molar-refractivity contribution is 5.95. The molecule has 6 N–H and O–H groups in total. The highest BCUT2D eigenvalue weighted by Gasteiger charge is 2.24. The molecule has 0 unspecified atom stereocenters. The first kappa shape index (κ1) is 17.2. The number of nitrogen functional groups attached to an aromatic ring is 1. The molecule has 0 atom stereocenters. The van der Waals surface area contributed by atoms with Crippen molar-refractivity contribution >= 4 is 22.4 Å². The van der Waals surface area contributed by atoms with Crippen molar-refractivity contribution in [1.82, 2.24) is 19.8 Å². The number of fused-ring (bicyclic) bond motifs is 1. The Morgan fingerprint density at radius 3 is 2.93 bits per heavy atom. The molecule has 140 valence electrons. The summed E-state index contributed by atoms with van der Waals surface area (Å²) in [7, 11) is 1.60. The minimum Gasteiger partial charge on any atom is -0.494 e. The summed E-state index contributed by atoms with van der Waals surface area (Å²) in [5, 5.41) is 6.93. The maximum atomic E-state index is 6.33. The number of aromatic nitrogens is 3. The van der Waals surface area contributed by atoms with E-state index in [4.69, 9.17) is 22.0 Å². The minimum absolute atomic E-state index is 0.366. The zero-order chi connectivity index (χ0) is 19.0. The van der Waals surface area contributed by atoms with Crippen LogP contribution in [0.4, 0.5) is 5.82 Å². The van der Waals surface area contributed by atoms with Gasteiger partial charge in [0.1, 0.15) is 17.1 Å². The molecular weight excluding hydrogens is 342 g/mol. The lowest BCUT2D eigenvalue weighted by molar-refractivity contribution is 0.379. The second-order valence-corrected chi connectivity index (χ2v) is 6.73. The lowest BCUT2D eigenvalue weighted by Gasteiger charge is -2.15. The van der Waals surface area contributed by atoms with E-state index in [1.807, 2.05) is 35.1 Å². The molecule has 2 heterocycles. The molecule has 2 aromatic heterocycles. The predicted octanol–water partition coefficient (Wildman–Crippen LogP) is 1.99. The van der Waals surface area contributed by atoms with Gasteiger partial charge in [-0.3, -0.25) is 4.68 Å². The molecule has 1 saturated carbocycles. The van der Waals surface area contributed by atoms with Gasteiger partial charge in [0.2, 0.25) is 0 Å². The molecule has 27 heavy (non-hydrogen) atoms. The van der Waals surface area contributed by atoms with E-state index in [9.17, 15) is 0 Å². The molecule has 0 aliphatic heterocycles. The standard InChI is InChI=1S/C19H23N7O/c1-27-17-4-2-3-14-15(9-18(21)23-19(14)17)16(20)11-25(22)10-12-7-8-26(24-12)13-5-6-13/h2-4,7-9,11,13H,5-6,10,20,22H2,1H3,(H2,21,23)/b16-11-. The van der Waals surface area contributed by atoms with Crippen molar-refractivity contribution in [2.24, 2.45) is 11.6 Å². The number of methoxy groups -OCH3 is 1. The first-order chi connectivity index (χ1) is 13.0. The number of nitrogens with two attached hydrogens (primary N) is 3. The molecule has 0 amide bonds. The van der Waals surface area contributed by atoms with E-state index in [0.717, 1.165) is 16.6 Å². The molecule has 0 radical (unpaired) electrons. The monoisotopic (exact) mass is 365 g/mol. The van der Waals surface area contributed by atoms with E-state index < -0.39 is 0 Å². The van der Waals surface area contributed by atoms with Gasteiger partial charge in [-0.1, -0.05) is 12.1 Å². The van der Waals surface area contributed by atoms with Crippen LogP contribution >= 0.6 is 0 Å². The molecule has 1 aromatic carbocycles. The summed E-state index contributed by atoms with van der Waals surface area (Å²) < 4.78 is 7.38. The molecule has 0 saturated heterocycles. The van der Waals surface area contributed by atoms with Gasteiger partial charge in [-0.05, 0) is 31.0 Å². The van der Waals surface area contributed by atoms with E-state index >= 15 is 0 Å². The van der Waals surface area contributed by atoms with Gasteiger partial charge < -0.3 is 21.2 Å². The van der Waals surface area contributed by atoms with Crippen LogP contribution in [-0.4, -0.2) is 26.9 Å². The Balaban J connectivity index is 1.61. The van der Waals surface area contributed by atoms with Crippen molar-refractivity contribution in [3.8, 4) is 5.75 Å². The van der Waals surface area contributed by atoms with Gasteiger partial charge in [-0.2, -0.15) is 5.10 Å². The van der Waals surface area contributed by atoms with Gasteiger partial charge in [0, 0.05) is 23.3 Å². The molecule has 3 aromatic rings. The molecule has 0 spiro atoms.